The van der Waals surface area contributed by atoms with E-state index in [1.165, 1.54) is 4.90 Å². The first kappa shape index (κ1) is 26.1. The van der Waals surface area contributed by atoms with Crippen molar-refractivity contribution in [1.82, 2.24) is 10.2 Å². The van der Waals surface area contributed by atoms with Gasteiger partial charge in [0.1, 0.15) is 11.8 Å². The Morgan fingerprint density at radius 1 is 1.00 bits per heavy atom. The summed E-state index contributed by atoms with van der Waals surface area (Å²) in [5.41, 5.74) is 2.68. The van der Waals surface area contributed by atoms with Gasteiger partial charge in [-0.15, -0.1) is 0 Å². The molecule has 0 saturated heterocycles. The predicted octanol–water partition coefficient (Wildman–Crippen LogP) is 5.83. The molecule has 178 valence electrons. The van der Waals surface area contributed by atoms with Gasteiger partial charge in [-0.25, -0.2) is 0 Å². The minimum atomic E-state index is -0.746. The first-order chi connectivity index (χ1) is 16.3. The summed E-state index contributed by atoms with van der Waals surface area (Å²) in [6.07, 6.45) is 0.352. The zero-order valence-corrected chi connectivity index (χ0v) is 22.0. The predicted molar refractivity (Wildman–Crippen MR) is 139 cm³/mol. The first-order valence-electron chi connectivity index (χ1n) is 10.7. The molecule has 2 amide bonds. The zero-order chi connectivity index (χ0) is 24.7. The third-order valence-corrected chi connectivity index (χ3v) is 6.97. The lowest BCUT2D eigenvalue weighted by Gasteiger charge is -2.31. The monoisotopic (exact) mass is 562 g/mol. The summed E-state index contributed by atoms with van der Waals surface area (Å²) in [7, 11) is 1.56. The van der Waals surface area contributed by atoms with Crippen LogP contribution in [0.15, 0.2) is 71.2 Å². The number of benzene rings is 3. The first-order valence-corrected chi connectivity index (χ1v) is 12.2. The van der Waals surface area contributed by atoms with Crippen molar-refractivity contribution in [3.8, 4) is 5.75 Å². The molecule has 3 rings (SSSR count). The lowest BCUT2D eigenvalue weighted by Crippen LogP contribution is -2.51. The van der Waals surface area contributed by atoms with E-state index in [9.17, 15) is 9.59 Å². The number of nitrogens with one attached hydrogen (secondary N) is 1. The largest absolute Gasteiger partial charge is 0.484 e. The van der Waals surface area contributed by atoms with E-state index in [2.05, 4.69) is 21.2 Å². The Balaban J connectivity index is 1.89. The van der Waals surface area contributed by atoms with Crippen LogP contribution in [0.2, 0.25) is 10.0 Å². The molecular formula is C26H25BrCl2N2O3. The Hall–Kier alpha value is -2.54. The van der Waals surface area contributed by atoms with Gasteiger partial charge in [-0.05, 0) is 53.9 Å². The summed E-state index contributed by atoms with van der Waals surface area (Å²) in [6.45, 7) is 1.89. The topological polar surface area (TPSA) is 58.6 Å². The van der Waals surface area contributed by atoms with Gasteiger partial charge in [-0.2, -0.15) is 0 Å². The Bertz CT molecular complexity index is 1160. The molecule has 8 heteroatoms. The summed E-state index contributed by atoms with van der Waals surface area (Å²) in [5, 5.41) is 3.49. The van der Waals surface area contributed by atoms with E-state index in [1.807, 2.05) is 49.4 Å². The normalized spacial score (nSPS) is 11.6. The second-order valence-electron chi connectivity index (χ2n) is 7.79. The van der Waals surface area contributed by atoms with Crippen molar-refractivity contribution in [2.45, 2.75) is 25.9 Å². The van der Waals surface area contributed by atoms with Gasteiger partial charge >= 0.3 is 0 Å². The lowest BCUT2D eigenvalue weighted by atomic mass is 10.0. The highest BCUT2D eigenvalue weighted by Gasteiger charge is 2.30. The maximum Gasteiger partial charge on any atom is 0.261 e. The standard InChI is InChI=1S/C26H25BrCl2N2O3/c1-17-12-20(9-10-21(17)27)34-16-25(32)31(15-19-8-11-22(28)23(29)13-19)24(26(33)30-2)14-18-6-4-3-5-7-18/h3-13,24H,14-16H2,1-2H3,(H,30,33)/t24-/m0/s1. The van der Waals surface area contributed by atoms with Gasteiger partial charge in [0, 0.05) is 24.5 Å². The molecule has 0 spiro atoms. The molecule has 0 aromatic heterocycles. The van der Waals surface area contributed by atoms with Crippen molar-refractivity contribution in [1.29, 1.82) is 0 Å². The van der Waals surface area contributed by atoms with Gasteiger partial charge in [0.2, 0.25) is 5.91 Å². The van der Waals surface area contributed by atoms with Gasteiger partial charge in [0.25, 0.3) is 5.91 Å². The van der Waals surface area contributed by atoms with E-state index in [0.717, 1.165) is 21.2 Å². The molecule has 0 aliphatic heterocycles. The van der Waals surface area contributed by atoms with Crippen molar-refractivity contribution in [2.24, 2.45) is 0 Å². The van der Waals surface area contributed by atoms with Gasteiger partial charge in [-0.1, -0.05) is 75.5 Å². The Morgan fingerprint density at radius 3 is 2.38 bits per heavy atom. The Labute approximate surface area is 218 Å². The molecule has 0 heterocycles. The van der Waals surface area contributed by atoms with Crippen LogP contribution in [0.25, 0.3) is 0 Å². The number of ether oxygens (including phenoxy) is 1. The van der Waals surface area contributed by atoms with Gasteiger partial charge in [0.15, 0.2) is 6.61 Å². The quantitative estimate of drug-likeness (QED) is 0.356. The van der Waals surface area contributed by atoms with Crippen LogP contribution >= 0.6 is 39.1 Å². The summed E-state index contributed by atoms with van der Waals surface area (Å²) >= 11 is 15.7. The second-order valence-corrected chi connectivity index (χ2v) is 9.46. The van der Waals surface area contributed by atoms with Crippen LogP contribution < -0.4 is 10.1 Å². The van der Waals surface area contributed by atoms with E-state index in [-0.39, 0.29) is 25.0 Å². The van der Waals surface area contributed by atoms with E-state index in [4.69, 9.17) is 27.9 Å². The fourth-order valence-electron chi connectivity index (χ4n) is 3.49. The van der Waals surface area contributed by atoms with E-state index in [1.54, 1.807) is 31.3 Å². The third-order valence-electron chi connectivity index (χ3n) is 5.35. The van der Waals surface area contributed by atoms with Gasteiger partial charge in [-0.3, -0.25) is 9.59 Å². The number of amides is 2. The lowest BCUT2D eigenvalue weighted by molar-refractivity contribution is -0.142. The number of nitrogens with zero attached hydrogens (tertiary/aromatic N) is 1. The molecule has 0 radical (unpaired) electrons. The summed E-state index contributed by atoms with van der Waals surface area (Å²) in [4.78, 5) is 27.9. The number of carbonyl (C=O) groups is 2. The van der Waals surface area contributed by atoms with E-state index < -0.39 is 6.04 Å². The SMILES string of the molecule is CNC(=O)[C@H](Cc1ccccc1)N(Cc1ccc(Cl)c(Cl)c1)C(=O)COc1ccc(Br)c(C)c1. The summed E-state index contributed by atoms with van der Waals surface area (Å²) < 4.78 is 6.74. The van der Waals surface area contributed by atoms with Crippen LogP contribution in [-0.2, 0) is 22.6 Å². The molecule has 0 unspecified atom stereocenters. The highest BCUT2D eigenvalue weighted by molar-refractivity contribution is 9.10. The van der Waals surface area contributed by atoms with Crippen LogP contribution in [0.1, 0.15) is 16.7 Å². The number of hydrogen-bond donors (Lipinski definition) is 1. The van der Waals surface area contributed by atoms with E-state index >= 15 is 0 Å². The molecule has 1 atom stereocenters. The molecule has 0 fully saturated rings. The van der Waals surface area contributed by atoms with Crippen LogP contribution in [0.5, 0.6) is 5.75 Å². The minimum absolute atomic E-state index is 0.170. The highest BCUT2D eigenvalue weighted by atomic mass is 79.9. The molecule has 0 bridgehead atoms. The van der Waals surface area contributed by atoms with Crippen LogP contribution in [0.4, 0.5) is 0 Å². The third kappa shape index (κ3) is 6.98. The molecule has 34 heavy (non-hydrogen) atoms. The molecule has 1 N–H and O–H groups in total. The van der Waals surface area contributed by atoms with Crippen LogP contribution in [0, 0.1) is 6.92 Å². The molecule has 0 aliphatic rings. The number of likely N-dealkylation sites (N-methyl/N-ethyl adjacent to an activating group) is 1. The van der Waals surface area contributed by atoms with Crippen molar-refractivity contribution in [3.05, 3.63) is 97.9 Å². The minimum Gasteiger partial charge on any atom is -0.484 e. The molecular weight excluding hydrogens is 539 g/mol. The van der Waals surface area contributed by atoms with Crippen molar-refractivity contribution in [3.63, 3.8) is 0 Å². The van der Waals surface area contributed by atoms with Crippen molar-refractivity contribution >= 4 is 50.9 Å². The number of halogens is 3. The second kappa shape index (κ2) is 12.2. The van der Waals surface area contributed by atoms with Crippen molar-refractivity contribution < 1.29 is 14.3 Å². The maximum absolute atomic E-state index is 13.4. The zero-order valence-electron chi connectivity index (χ0n) is 18.9. The van der Waals surface area contributed by atoms with Crippen molar-refractivity contribution in [2.75, 3.05) is 13.7 Å². The number of aryl methyl sites for hydroxylation is 1. The smallest absolute Gasteiger partial charge is 0.261 e. The van der Waals surface area contributed by atoms with Crippen LogP contribution in [0.3, 0.4) is 0 Å². The fraction of sp³-hybridized carbons (Fsp3) is 0.231. The van der Waals surface area contributed by atoms with Crippen LogP contribution in [-0.4, -0.2) is 36.4 Å². The average Bonchev–Trinajstić information content (AvgIpc) is 2.84. The Morgan fingerprint density at radius 2 is 1.74 bits per heavy atom. The summed E-state index contributed by atoms with van der Waals surface area (Å²) in [5.74, 6) is -0.0176. The molecule has 0 aliphatic carbocycles. The Kier molecular flexibility index (Phi) is 9.39. The number of hydrogen-bond acceptors (Lipinski definition) is 3. The number of carbonyl (C=O) groups excluding carboxylic acids is 2. The van der Waals surface area contributed by atoms with Gasteiger partial charge < -0.3 is 15.0 Å². The highest BCUT2D eigenvalue weighted by Crippen LogP contribution is 2.25. The molecule has 3 aromatic carbocycles. The molecule has 3 aromatic rings. The maximum atomic E-state index is 13.4. The molecule has 5 nitrogen and oxygen atoms in total. The number of rotatable bonds is 9. The van der Waals surface area contributed by atoms with Gasteiger partial charge in [0.05, 0.1) is 10.0 Å². The molecule has 0 saturated carbocycles. The van der Waals surface area contributed by atoms with E-state index in [0.29, 0.717) is 22.2 Å². The summed E-state index contributed by atoms with van der Waals surface area (Å²) in [6, 6.07) is 19.5. The fourth-order valence-corrected chi connectivity index (χ4v) is 4.06. The average molecular weight is 564 g/mol.